The van der Waals surface area contributed by atoms with Gasteiger partial charge in [0.05, 0.1) is 49.8 Å². The summed E-state index contributed by atoms with van der Waals surface area (Å²) in [5, 5.41) is 12.7. The number of nitrogens with zero attached hydrogens (tertiary/aromatic N) is 5. The van der Waals surface area contributed by atoms with E-state index < -0.39 is 53.1 Å². The average molecular weight is 1460 g/mol. The number of esters is 3. The Kier molecular flexibility index (Phi) is 25.3. The Morgan fingerprint density at radius 2 is 1.12 bits per heavy atom. The van der Waals surface area contributed by atoms with Gasteiger partial charge < -0.3 is 24.6 Å². The third kappa shape index (κ3) is 17.5. The van der Waals surface area contributed by atoms with Crippen LogP contribution in [0.2, 0.25) is 15.1 Å². The number of ketones is 1. The Balaban J connectivity index is 0.000000192. The maximum Gasteiger partial charge on any atom is 0.373 e. The van der Waals surface area contributed by atoms with Gasteiger partial charge in [0.2, 0.25) is 5.91 Å². The number of aryl methyl sites for hydroxylation is 1. The van der Waals surface area contributed by atoms with Crippen molar-refractivity contribution in [2.75, 3.05) is 42.6 Å². The number of thiocarbonyl (C=S) groups is 1. The molecule has 23 nitrogen and oxygen atoms in total. The number of carbonyl (C=O) groups is 9. The topological polar surface area (TPSA) is 301 Å². The Labute approximate surface area is 590 Å². The largest absolute Gasteiger partial charge is 0.481 e. The molecule has 1 saturated heterocycles. The zero-order valence-corrected chi connectivity index (χ0v) is 57.8. The number of anilines is 2. The van der Waals surface area contributed by atoms with Gasteiger partial charge in [-0.3, -0.25) is 76.6 Å². The van der Waals surface area contributed by atoms with Crippen LogP contribution in [0.4, 0.5) is 11.4 Å². The molecule has 11 rings (SSSR count). The van der Waals surface area contributed by atoms with Gasteiger partial charge in [-0.25, -0.2) is 0 Å². The van der Waals surface area contributed by atoms with Crippen LogP contribution >= 0.6 is 81.5 Å². The summed E-state index contributed by atoms with van der Waals surface area (Å²) >= 11 is 26.9. The fraction of sp³-hybridized carbons (Fsp3) is 0.221. The van der Waals surface area contributed by atoms with Crippen LogP contribution in [0.15, 0.2) is 124 Å². The predicted molar refractivity (Wildman–Crippen MR) is 373 cm³/mol. The van der Waals surface area contributed by atoms with Gasteiger partial charge in [-0.05, 0) is 91.6 Å². The molecule has 2 aromatic heterocycles. The van der Waals surface area contributed by atoms with E-state index in [-0.39, 0.29) is 108 Å². The number of amides is 4. The first-order valence-electron chi connectivity index (χ1n) is 29.5. The SMILES string of the molecule is C=c1s/c(=C2\C(=O)Cc3ccc(Cl)cc32)c(=O)n1CC.C=c1s/c(=C2\C(=O)N(CC(=O)OCc3ccccc3)c3ccc(Cl)cc32)c(=O)n1CCC(=O)NCC(=O)OCC.Cc1ccc(COC(=O)CN2C(=O)/C(=C3\SC(=S)N(CCC(=O)O)C3=O)c3cc(Cl)ccc32)cc1.O=C=O. The minimum absolute atomic E-state index is 0.0117. The van der Waals surface area contributed by atoms with E-state index >= 15 is 0 Å². The van der Waals surface area contributed by atoms with Crippen molar-refractivity contribution < 1.29 is 72.1 Å². The van der Waals surface area contributed by atoms with Gasteiger partial charge >= 0.3 is 30.0 Å². The highest BCUT2D eigenvalue weighted by Gasteiger charge is 2.43. The summed E-state index contributed by atoms with van der Waals surface area (Å²) < 4.78 is 20.1. The fourth-order valence-corrected chi connectivity index (χ4v) is 14.3. The van der Waals surface area contributed by atoms with Crippen LogP contribution < -0.4 is 44.6 Å². The molecule has 1 aliphatic carbocycles. The van der Waals surface area contributed by atoms with Crippen LogP contribution in [-0.4, -0.2) is 116 Å². The van der Waals surface area contributed by atoms with Gasteiger partial charge in [-0.2, -0.15) is 9.59 Å². The van der Waals surface area contributed by atoms with Crippen molar-refractivity contribution in [2.45, 2.75) is 66.3 Å². The standard InChI is InChI=1S/C28H26ClN3O7S.C24H19ClN2O6S2.C15H12ClNO2S.CO2/c1-3-38-23(34)14-30-22(33)11-12-31-17(2)40-26(28(31)37)25-20-13-19(29)9-10-21(20)32(27(25)36)15-24(35)39-16-18-7-5-4-6-8-18;1-13-2-4-14(5-3-13)12-33-19(30)11-27-17-7-6-15(25)10-16(17)20(22(27)31)21-23(32)26(24(34)35-21)9-8-18(28)29;1-3-17-8(2)20-14(15(17)19)13-11-7-10(16)5-4-9(11)6-12(13)18;2-1-3/h4-10,13H,2-3,11-12,14-16H2,1H3,(H,30,33);2-7,10H,8-9,11-12H2,1H3,(H,28,29);4-5,7H,2-3,6H2,1H3;/b26-25-;21-20-;14-13-;. The Bertz CT molecular complexity index is 4850. The second kappa shape index (κ2) is 33.5. The van der Waals surface area contributed by atoms with E-state index in [2.05, 4.69) is 18.5 Å². The number of thioether (sulfide) groups is 1. The Morgan fingerprint density at radius 3 is 1.67 bits per heavy atom. The molecule has 0 saturated carbocycles. The Hall–Kier alpha value is -9.70. The number of nitrogens with one attached hydrogen (secondary N) is 1. The van der Waals surface area contributed by atoms with Gasteiger partial charge in [0.25, 0.3) is 28.8 Å². The van der Waals surface area contributed by atoms with Crippen molar-refractivity contribution >= 4 is 186 Å². The molecule has 0 spiro atoms. The van der Waals surface area contributed by atoms with Crippen LogP contribution in [0.5, 0.6) is 0 Å². The highest BCUT2D eigenvalue weighted by Crippen LogP contribution is 2.46. The molecule has 5 aromatic carbocycles. The molecule has 5 heterocycles. The van der Waals surface area contributed by atoms with Gasteiger partial charge in [0.15, 0.2) is 5.78 Å². The maximum absolute atomic E-state index is 13.6. The lowest BCUT2D eigenvalue weighted by atomic mass is 10.1. The number of rotatable bonds is 18. The highest BCUT2D eigenvalue weighted by atomic mass is 35.5. The van der Waals surface area contributed by atoms with E-state index in [4.69, 9.17) is 75.9 Å². The molecule has 506 valence electrons. The third-order valence-electron chi connectivity index (χ3n) is 14.9. The van der Waals surface area contributed by atoms with Crippen molar-refractivity contribution in [3.8, 4) is 0 Å². The van der Waals surface area contributed by atoms with Crippen molar-refractivity contribution in [3.05, 3.63) is 207 Å². The fourth-order valence-electron chi connectivity index (χ4n) is 10.3. The maximum atomic E-state index is 13.6. The Morgan fingerprint density at radius 1 is 0.612 bits per heavy atom. The van der Waals surface area contributed by atoms with E-state index in [0.29, 0.717) is 70.0 Å². The number of carboxylic acids is 1. The molecule has 4 amide bonds. The molecule has 3 aliphatic heterocycles. The van der Waals surface area contributed by atoms with Crippen molar-refractivity contribution in [3.63, 3.8) is 0 Å². The number of thiazole rings is 2. The number of carbonyl (C=O) groups excluding carboxylic acids is 10. The number of hydrogen-bond acceptors (Lipinski definition) is 20. The van der Waals surface area contributed by atoms with Crippen LogP contribution in [0.3, 0.4) is 0 Å². The molecular weight excluding hydrogens is 1410 g/mol. The van der Waals surface area contributed by atoms with Crippen LogP contribution in [0.1, 0.15) is 65.6 Å². The lowest BCUT2D eigenvalue weighted by Gasteiger charge is -2.16. The van der Waals surface area contributed by atoms with Crippen molar-refractivity contribution in [1.82, 2.24) is 19.4 Å². The highest BCUT2D eigenvalue weighted by molar-refractivity contribution is 8.26. The summed E-state index contributed by atoms with van der Waals surface area (Å²) in [5.41, 5.74) is 6.07. The van der Waals surface area contributed by atoms with Crippen molar-refractivity contribution in [1.29, 1.82) is 0 Å². The molecule has 4 aliphatic rings. The summed E-state index contributed by atoms with van der Waals surface area (Å²) in [7, 11) is 0. The number of benzene rings is 5. The number of halogens is 3. The first-order valence-corrected chi connectivity index (χ1v) is 33.5. The van der Waals surface area contributed by atoms with Crippen molar-refractivity contribution in [2.24, 2.45) is 0 Å². The van der Waals surface area contributed by atoms with E-state index in [0.717, 1.165) is 55.8 Å². The molecule has 30 heteroatoms. The molecular formula is C68H57Cl3N6O17S4. The lowest BCUT2D eigenvalue weighted by molar-refractivity contribution is -0.192. The van der Waals surface area contributed by atoms with E-state index in [9.17, 15) is 52.7 Å². The van der Waals surface area contributed by atoms with Crippen LogP contribution in [0, 0.1) is 6.92 Å². The zero-order chi connectivity index (χ0) is 71.2. The zero-order valence-electron chi connectivity index (χ0n) is 52.3. The average Bonchev–Trinajstić information content (AvgIpc) is 1.60. The summed E-state index contributed by atoms with van der Waals surface area (Å²) in [6.07, 6.45) is 0.200. The van der Waals surface area contributed by atoms with Gasteiger partial charge in [0.1, 0.15) is 46.2 Å². The first-order chi connectivity index (χ1) is 46.8. The molecule has 98 heavy (non-hydrogen) atoms. The number of aromatic nitrogens is 2. The number of ether oxygens (including phenoxy) is 3. The molecule has 2 N–H and O–H groups in total. The molecule has 0 radical (unpaired) electrons. The second-order valence-electron chi connectivity index (χ2n) is 21.3. The van der Waals surface area contributed by atoms with Gasteiger partial charge in [-0.15, -0.1) is 22.7 Å². The number of aliphatic carboxylic acids is 1. The summed E-state index contributed by atoms with van der Waals surface area (Å²) in [6, 6.07) is 31.5. The lowest BCUT2D eigenvalue weighted by Crippen LogP contribution is -2.38. The molecule has 1 fully saturated rings. The number of carboxylic acid groups (broad SMARTS) is 1. The summed E-state index contributed by atoms with van der Waals surface area (Å²) in [4.78, 5) is 158. The van der Waals surface area contributed by atoms with E-state index in [1.165, 1.54) is 25.7 Å². The molecule has 7 aromatic rings. The summed E-state index contributed by atoms with van der Waals surface area (Å²) in [5.74, 6) is -5.01. The molecule has 0 atom stereocenters. The smallest absolute Gasteiger partial charge is 0.373 e. The predicted octanol–water partition coefficient (Wildman–Crippen LogP) is 5.85. The molecule has 0 unspecified atom stereocenters. The normalized spacial score (nSPS) is 15.2. The summed E-state index contributed by atoms with van der Waals surface area (Å²) in [6.45, 7) is 13.0. The number of hydrogen-bond donors (Lipinski definition) is 2. The third-order valence-corrected chi connectivity index (χ3v) is 19.1. The molecule has 0 bridgehead atoms. The van der Waals surface area contributed by atoms with Gasteiger partial charge in [-0.1, -0.05) is 138 Å². The second-order valence-corrected chi connectivity index (χ2v) is 26.4. The van der Waals surface area contributed by atoms with E-state index in [1.54, 1.807) is 60.0 Å². The number of Topliss-reactive ketones (excluding diaryl/α,β-unsaturated/α-hetero) is 1. The van der Waals surface area contributed by atoms with Gasteiger partial charge in [0, 0.05) is 64.2 Å². The number of fused-ring (bicyclic) bond motifs is 3. The minimum atomic E-state index is -1.07. The van der Waals surface area contributed by atoms with E-state index in [1.807, 2.05) is 74.5 Å². The monoisotopic (exact) mass is 1460 g/mol. The first kappa shape index (κ1) is 74.1. The minimum Gasteiger partial charge on any atom is -0.481 e. The quantitative estimate of drug-likeness (QED) is 0.0440. The van der Waals surface area contributed by atoms with Crippen LogP contribution in [-0.2, 0) is 99.7 Å². The van der Waals surface area contributed by atoms with Crippen LogP contribution in [0.25, 0.3) is 29.9 Å².